The lowest BCUT2D eigenvalue weighted by atomic mass is 10.2. The smallest absolute Gasteiger partial charge is 0.0518 e. The van der Waals surface area contributed by atoms with E-state index in [1.54, 1.807) is 0 Å². The third-order valence-electron chi connectivity index (χ3n) is 3.41. The molecular weight excluding hydrogens is 212 g/mol. The molecule has 1 aliphatic heterocycles. The Hall–Kier alpha value is -0.120. The molecule has 0 saturated carbocycles. The third-order valence-corrected chi connectivity index (χ3v) is 3.41. The normalized spacial score (nSPS) is 21.9. The molecule has 1 N–H and O–H groups in total. The first-order chi connectivity index (χ1) is 8.09. The number of hydrogen-bond acceptors (Lipinski definition) is 3. The Morgan fingerprint density at radius 1 is 1.24 bits per heavy atom. The molecule has 1 fully saturated rings. The highest BCUT2D eigenvalue weighted by Gasteiger charge is 2.23. The van der Waals surface area contributed by atoms with E-state index < -0.39 is 0 Å². The van der Waals surface area contributed by atoms with Crippen molar-refractivity contribution in [3.63, 3.8) is 0 Å². The topological polar surface area (TPSA) is 24.5 Å². The van der Waals surface area contributed by atoms with E-state index in [9.17, 15) is 0 Å². The second kappa shape index (κ2) is 8.06. The predicted octanol–water partition coefficient (Wildman–Crippen LogP) is 2.26. The minimum Gasteiger partial charge on any atom is -0.379 e. The van der Waals surface area contributed by atoms with Crippen molar-refractivity contribution in [2.75, 3.05) is 26.2 Å². The fourth-order valence-corrected chi connectivity index (χ4v) is 2.28. The molecule has 1 saturated heterocycles. The van der Waals surface area contributed by atoms with E-state index in [1.165, 1.54) is 32.4 Å². The van der Waals surface area contributed by atoms with Crippen LogP contribution >= 0.6 is 0 Å². The van der Waals surface area contributed by atoms with Crippen molar-refractivity contribution in [1.29, 1.82) is 0 Å². The summed E-state index contributed by atoms with van der Waals surface area (Å²) in [7, 11) is 0. The van der Waals surface area contributed by atoms with Gasteiger partial charge in [0.25, 0.3) is 0 Å². The molecule has 0 aromatic rings. The molecule has 17 heavy (non-hydrogen) atoms. The van der Waals surface area contributed by atoms with E-state index in [0.717, 1.165) is 13.2 Å². The van der Waals surface area contributed by atoms with Crippen LogP contribution in [0.5, 0.6) is 0 Å². The Balaban J connectivity index is 1.94. The highest BCUT2D eigenvalue weighted by atomic mass is 16.5. The third kappa shape index (κ3) is 6.39. The average molecular weight is 242 g/mol. The SMILES string of the molecule is CC(C)OCCCCNC1CCN(C(C)C)C1. The standard InChI is InChI=1S/C14H30N2O/c1-12(2)16-9-7-14(11-16)15-8-5-6-10-17-13(3)4/h12-15H,5-11H2,1-4H3. The van der Waals surface area contributed by atoms with Gasteiger partial charge >= 0.3 is 0 Å². The summed E-state index contributed by atoms with van der Waals surface area (Å²) in [6, 6.07) is 1.41. The number of unbranched alkanes of at least 4 members (excludes halogenated alkanes) is 1. The summed E-state index contributed by atoms with van der Waals surface area (Å²) >= 11 is 0. The van der Waals surface area contributed by atoms with E-state index in [2.05, 4.69) is 37.9 Å². The van der Waals surface area contributed by atoms with E-state index >= 15 is 0 Å². The number of nitrogens with one attached hydrogen (secondary N) is 1. The van der Waals surface area contributed by atoms with Crippen molar-refractivity contribution in [2.45, 2.75) is 65.1 Å². The van der Waals surface area contributed by atoms with Gasteiger partial charge in [-0.15, -0.1) is 0 Å². The zero-order chi connectivity index (χ0) is 12.7. The van der Waals surface area contributed by atoms with Crippen molar-refractivity contribution >= 4 is 0 Å². The molecule has 0 radical (unpaired) electrons. The van der Waals surface area contributed by atoms with Crippen molar-refractivity contribution in [3.05, 3.63) is 0 Å². The van der Waals surface area contributed by atoms with Crippen LogP contribution in [0.15, 0.2) is 0 Å². The van der Waals surface area contributed by atoms with Gasteiger partial charge in [-0.05, 0) is 60.0 Å². The molecule has 1 unspecified atom stereocenters. The van der Waals surface area contributed by atoms with E-state index in [-0.39, 0.29) is 0 Å². The molecule has 102 valence electrons. The summed E-state index contributed by atoms with van der Waals surface area (Å²) in [6.07, 6.45) is 4.08. The molecule has 3 nitrogen and oxygen atoms in total. The van der Waals surface area contributed by atoms with Gasteiger partial charge in [-0.3, -0.25) is 4.90 Å². The van der Waals surface area contributed by atoms with Gasteiger partial charge in [0.05, 0.1) is 6.10 Å². The molecule has 0 aromatic heterocycles. The number of ether oxygens (including phenoxy) is 1. The number of hydrogen-bond donors (Lipinski definition) is 1. The van der Waals surface area contributed by atoms with Gasteiger partial charge in [0.2, 0.25) is 0 Å². The van der Waals surface area contributed by atoms with Crippen molar-refractivity contribution in [3.8, 4) is 0 Å². The Morgan fingerprint density at radius 2 is 2.00 bits per heavy atom. The van der Waals surface area contributed by atoms with Gasteiger partial charge in [0, 0.05) is 25.2 Å². The van der Waals surface area contributed by atoms with E-state index in [0.29, 0.717) is 18.2 Å². The van der Waals surface area contributed by atoms with Crippen LogP contribution in [0.4, 0.5) is 0 Å². The van der Waals surface area contributed by atoms with Gasteiger partial charge in [-0.1, -0.05) is 0 Å². The summed E-state index contributed by atoms with van der Waals surface area (Å²) in [5.74, 6) is 0. The summed E-state index contributed by atoms with van der Waals surface area (Å²) in [5.41, 5.74) is 0. The summed E-state index contributed by atoms with van der Waals surface area (Å²) < 4.78 is 5.53. The van der Waals surface area contributed by atoms with Gasteiger partial charge in [0.15, 0.2) is 0 Å². The maximum Gasteiger partial charge on any atom is 0.0518 e. The monoisotopic (exact) mass is 242 g/mol. The Labute approximate surface area is 107 Å². The molecule has 0 aromatic carbocycles. The number of rotatable bonds is 8. The first kappa shape index (κ1) is 14.9. The molecular formula is C14H30N2O. The molecule has 0 aliphatic carbocycles. The molecule has 0 bridgehead atoms. The minimum atomic E-state index is 0.373. The number of nitrogens with zero attached hydrogens (tertiary/aromatic N) is 1. The lowest BCUT2D eigenvalue weighted by Gasteiger charge is -2.20. The first-order valence-electron chi connectivity index (χ1n) is 7.18. The zero-order valence-electron chi connectivity index (χ0n) is 12.0. The maximum absolute atomic E-state index is 5.53. The Bertz CT molecular complexity index is 195. The summed E-state index contributed by atoms with van der Waals surface area (Å²) in [4.78, 5) is 2.56. The quantitative estimate of drug-likeness (QED) is 0.661. The van der Waals surface area contributed by atoms with E-state index in [1.807, 2.05) is 0 Å². The molecule has 0 amide bonds. The summed E-state index contributed by atoms with van der Waals surface area (Å²) in [6.45, 7) is 13.3. The van der Waals surface area contributed by atoms with Crippen LogP contribution in [-0.4, -0.2) is 49.3 Å². The fraction of sp³-hybridized carbons (Fsp3) is 1.00. The van der Waals surface area contributed by atoms with Crippen LogP contribution in [0.1, 0.15) is 47.0 Å². The van der Waals surface area contributed by atoms with Crippen molar-refractivity contribution < 1.29 is 4.74 Å². The van der Waals surface area contributed by atoms with Crippen molar-refractivity contribution in [1.82, 2.24) is 10.2 Å². The molecule has 1 rings (SSSR count). The lowest BCUT2D eigenvalue weighted by molar-refractivity contribution is 0.0759. The second-order valence-electron chi connectivity index (χ2n) is 5.66. The fourth-order valence-electron chi connectivity index (χ4n) is 2.28. The van der Waals surface area contributed by atoms with Gasteiger partial charge in [-0.2, -0.15) is 0 Å². The first-order valence-corrected chi connectivity index (χ1v) is 7.18. The van der Waals surface area contributed by atoms with Gasteiger partial charge in [-0.25, -0.2) is 0 Å². The highest BCUT2D eigenvalue weighted by molar-refractivity contribution is 4.82. The highest BCUT2D eigenvalue weighted by Crippen LogP contribution is 2.12. The average Bonchev–Trinajstić information content (AvgIpc) is 2.71. The maximum atomic E-state index is 5.53. The molecule has 1 aliphatic rings. The largest absolute Gasteiger partial charge is 0.379 e. The lowest BCUT2D eigenvalue weighted by Crippen LogP contribution is -2.35. The van der Waals surface area contributed by atoms with Crippen LogP contribution < -0.4 is 5.32 Å². The zero-order valence-corrected chi connectivity index (χ0v) is 12.0. The van der Waals surface area contributed by atoms with Crippen LogP contribution in [0.3, 0.4) is 0 Å². The summed E-state index contributed by atoms with van der Waals surface area (Å²) in [5, 5.41) is 3.66. The van der Waals surface area contributed by atoms with Crippen LogP contribution in [0.2, 0.25) is 0 Å². The van der Waals surface area contributed by atoms with Crippen LogP contribution in [-0.2, 0) is 4.74 Å². The minimum absolute atomic E-state index is 0.373. The second-order valence-corrected chi connectivity index (χ2v) is 5.66. The predicted molar refractivity (Wildman–Crippen MR) is 73.4 cm³/mol. The molecule has 1 atom stereocenters. The number of likely N-dealkylation sites (tertiary alicyclic amines) is 1. The van der Waals surface area contributed by atoms with Gasteiger partial charge < -0.3 is 10.1 Å². The molecule has 1 heterocycles. The Morgan fingerprint density at radius 3 is 2.59 bits per heavy atom. The molecule has 3 heteroatoms. The van der Waals surface area contributed by atoms with E-state index in [4.69, 9.17) is 4.74 Å². The van der Waals surface area contributed by atoms with Gasteiger partial charge in [0.1, 0.15) is 0 Å². The Kier molecular flexibility index (Phi) is 7.09. The van der Waals surface area contributed by atoms with Crippen LogP contribution in [0.25, 0.3) is 0 Å². The van der Waals surface area contributed by atoms with Crippen molar-refractivity contribution in [2.24, 2.45) is 0 Å². The molecule has 0 spiro atoms. The van der Waals surface area contributed by atoms with Crippen LogP contribution in [0, 0.1) is 0 Å².